The van der Waals surface area contributed by atoms with E-state index in [0.29, 0.717) is 0 Å². The quantitative estimate of drug-likeness (QED) is 0.614. The molecular weight excluding hydrogens is 183 g/mol. The number of carbonyl (C=O) groups is 1. The summed E-state index contributed by atoms with van der Waals surface area (Å²) in [6.45, 7) is 0.888. The number of amides is 1. The summed E-state index contributed by atoms with van der Waals surface area (Å²) < 4.78 is 12.2. The van der Waals surface area contributed by atoms with Crippen molar-refractivity contribution in [3.05, 3.63) is 30.1 Å². The first kappa shape index (κ1) is 10.5. The molecule has 1 aliphatic rings. The lowest BCUT2D eigenvalue weighted by atomic mass is 10.3. The van der Waals surface area contributed by atoms with E-state index in [-0.39, 0.29) is 17.4 Å². The van der Waals surface area contributed by atoms with Crippen molar-refractivity contribution in [3.8, 4) is 0 Å². The number of benzene rings is 1. The van der Waals surface area contributed by atoms with Gasteiger partial charge in [-0.1, -0.05) is 12.1 Å². The van der Waals surface area contributed by atoms with Crippen LogP contribution >= 0.6 is 0 Å². The van der Waals surface area contributed by atoms with Crippen LogP contribution in [0.3, 0.4) is 0 Å². The highest BCUT2D eigenvalue weighted by Gasteiger charge is 2.05. The molecule has 0 aromatic heterocycles. The topological polar surface area (TPSA) is 55.1 Å². The molecule has 76 valence electrons. The Morgan fingerprint density at radius 2 is 2.07 bits per heavy atom. The Morgan fingerprint density at radius 1 is 1.36 bits per heavy atom. The molecule has 0 radical (unpaired) electrons. The summed E-state index contributed by atoms with van der Waals surface area (Å²) in [5.74, 6) is -0.150. The minimum atomic E-state index is -0.354. The first-order chi connectivity index (χ1) is 6.70. The van der Waals surface area contributed by atoms with Crippen molar-refractivity contribution in [1.82, 2.24) is 5.32 Å². The van der Waals surface area contributed by atoms with Crippen molar-refractivity contribution in [2.75, 3.05) is 12.3 Å². The highest BCUT2D eigenvalue weighted by Crippen LogP contribution is 2.05. The molecule has 4 heteroatoms. The van der Waals surface area contributed by atoms with Gasteiger partial charge in [-0.05, 0) is 18.6 Å². The minimum Gasteiger partial charge on any atom is -0.396 e. The third kappa shape index (κ3) is 3.43. The van der Waals surface area contributed by atoms with Gasteiger partial charge < -0.3 is 11.1 Å². The molecule has 0 saturated carbocycles. The van der Waals surface area contributed by atoms with Gasteiger partial charge in [0.2, 0.25) is 5.91 Å². The van der Waals surface area contributed by atoms with E-state index in [1.54, 1.807) is 12.1 Å². The zero-order valence-electron chi connectivity index (χ0n) is 7.79. The summed E-state index contributed by atoms with van der Waals surface area (Å²) in [4.78, 5) is 10.1. The van der Waals surface area contributed by atoms with Gasteiger partial charge >= 0.3 is 0 Å². The minimum absolute atomic E-state index is 0.201. The highest BCUT2D eigenvalue weighted by atomic mass is 19.1. The van der Waals surface area contributed by atoms with Gasteiger partial charge in [0, 0.05) is 13.0 Å². The van der Waals surface area contributed by atoms with Crippen molar-refractivity contribution >= 4 is 11.6 Å². The predicted molar refractivity (Wildman–Crippen MR) is 53.1 cm³/mol. The number of hydrogen-bond donors (Lipinski definition) is 2. The molecule has 0 unspecified atom stereocenters. The normalized spacial score (nSPS) is 14.2. The lowest BCUT2D eigenvalue weighted by molar-refractivity contribution is -0.119. The summed E-state index contributed by atoms with van der Waals surface area (Å²) in [5.41, 5.74) is 5.35. The van der Waals surface area contributed by atoms with E-state index in [0.717, 1.165) is 19.4 Å². The molecule has 2 rings (SSSR count). The van der Waals surface area contributed by atoms with Crippen LogP contribution in [0.4, 0.5) is 10.1 Å². The zero-order valence-corrected chi connectivity index (χ0v) is 7.79. The number of nitrogens with one attached hydrogen (secondary N) is 1. The second kappa shape index (κ2) is 5.21. The Morgan fingerprint density at radius 3 is 2.36 bits per heavy atom. The molecular formula is C10H13FN2O. The van der Waals surface area contributed by atoms with Gasteiger partial charge in [0.1, 0.15) is 5.82 Å². The second-order valence-corrected chi connectivity index (χ2v) is 2.98. The molecule has 1 aromatic carbocycles. The molecule has 0 bridgehead atoms. The Hall–Kier alpha value is -1.58. The summed E-state index contributed by atoms with van der Waals surface area (Å²) in [6.07, 6.45) is 1.76. The number of halogens is 1. The third-order valence-electron chi connectivity index (χ3n) is 1.81. The van der Waals surface area contributed by atoms with Crippen LogP contribution in [0.1, 0.15) is 12.8 Å². The van der Waals surface area contributed by atoms with Crippen LogP contribution in [0.15, 0.2) is 24.3 Å². The number of nitrogen functional groups attached to an aromatic ring is 1. The van der Waals surface area contributed by atoms with Crippen LogP contribution in [-0.4, -0.2) is 12.5 Å². The summed E-state index contributed by atoms with van der Waals surface area (Å²) >= 11 is 0. The first-order valence-electron chi connectivity index (χ1n) is 4.47. The van der Waals surface area contributed by atoms with E-state index in [1.807, 2.05) is 0 Å². The zero-order chi connectivity index (χ0) is 10.4. The summed E-state index contributed by atoms with van der Waals surface area (Å²) in [7, 11) is 0. The van der Waals surface area contributed by atoms with E-state index >= 15 is 0 Å². The Balaban J connectivity index is 0.000000146. The monoisotopic (exact) mass is 196 g/mol. The average Bonchev–Trinajstić information content (AvgIpc) is 2.63. The van der Waals surface area contributed by atoms with E-state index < -0.39 is 0 Å². The van der Waals surface area contributed by atoms with E-state index in [9.17, 15) is 9.18 Å². The van der Waals surface area contributed by atoms with Crippen molar-refractivity contribution in [2.24, 2.45) is 0 Å². The highest BCUT2D eigenvalue weighted by molar-refractivity contribution is 5.77. The lowest BCUT2D eigenvalue weighted by Gasteiger charge is -1.89. The van der Waals surface area contributed by atoms with Crippen LogP contribution < -0.4 is 11.1 Å². The smallest absolute Gasteiger partial charge is 0.220 e. The lowest BCUT2D eigenvalue weighted by Crippen LogP contribution is -2.12. The second-order valence-electron chi connectivity index (χ2n) is 2.98. The Labute approximate surface area is 82.1 Å². The fourth-order valence-corrected chi connectivity index (χ4v) is 1.04. The fourth-order valence-electron chi connectivity index (χ4n) is 1.04. The number of hydrogen-bond acceptors (Lipinski definition) is 2. The molecule has 1 amide bonds. The number of para-hydroxylation sites is 1. The van der Waals surface area contributed by atoms with Gasteiger partial charge in [0.25, 0.3) is 0 Å². The Kier molecular flexibility index (Phi) is 3.91. The number of rotatable bonds is 0. The molecule has 1 aliphatic heterocycles. The maximum atomic E-state index is 12.2. The first-order valence-corrected chi connectivity index (χ1v) is 4.47. The van der Waals surface area contributed by atoms with E-state index in [1.165, 1.54) is 12.1 Å². The van der Waals surface area contributed by atoms with E-state index in [2.05, 4.69) is 5.32 Å². The van der Waals surface area contributed by atoms with Gasteiger partial charge in [-0.3, -0.25) is 4.79 Å². The van der Waals surface area contributed by atoms with Gasteiger partial charge in [-0.2, -0.15) is 0 Å². The number of carbonyl (C=O) groups excluding carboxylic acids is 1. The Bertz CT molecular complexity index is 286. The molecule has 1 aromatic rings. The van der Waals surface area contributed by atoms with Crippen LogP contribution in [0.2, 0.25) is 0 Å². The molecule has 1 saturated heterocycles. The summed E-state index contributed by atoms with van der Waals surface area (Å²) in [5, 5.41) is 2.68. The van der Waals surface area contributed by atoms with E-state index in [4.69, 9.17) is 5.73 Å². The van der Waals surface area contributed by atoms with Gasteiger partial charge in [0.05, 0.1) is 5.69 Å². The van der Waals surface area contributed by atoms with Crippen LogP contribution in [0, 0.1) is 5.82 Å². The van der Waals surface area contributed by atoms with Crippen LogP contribution in [-0.2, 0) is 4.79 Å². The maximum Gasteiger partial charge on any atom is 0.220 e. The fraction of sp³-hybridized carbons (Fsp3) is 0.300. The molecule has 0 atom stereocenters. The molecule has 1 fully saturated rings. The van der Waals surface area contributed by atoms with Crippen molar-refractivity contribution < 1.29 is 9.18 Å². The molecule has 3 nitrogen and oxygen atoms in total. The van der Waals surface area contributed by atoms with Gasteiger partial charge in [0.15, 0.2) is 0 Å². The molecule has 3 N–H and O–H groups in total. The largest absolute Gasteiger partial charge is 0.396 e. The molecule has 0 aliphatic carbocycles. The van der Waals surface area contributed by atoms with Gasteiger partial charge in [-0.25, -0.2) is 4.39 Å². The van der Waals surface area contributed by atoms with Crippen LogP contribution in [0.5, 0.6) is 0 Å². The SMILES string of the molecule is Nc1ccccc1F.O=C1CCCN1. The van der Waals surface area contributed by atoms with Crippen molar-refractivity contribution in [1.29, 1.82) is 0 Å². The van der Waals surface area contributed by atoms with Gasteiger partial charge in [-0.15, -0.1) is 0 Å². The standard InChI is InChI=1S/C6H6FN.C4H7NO/c7-5-3-1-2-4-6(5)8;6-4-2-1-3-5-4/h1-4H,8H2;1-3H2,(H,5,6). The molecule has 14 heavy (non-hydrogen) atoms. The average molecular weight is 196 g/mol. The predicted octanol–water partition coefficient (Wildman–Crippen LogP) is 1.30. The third-order valence-corrected chi connectivity index (χ3v) is 1.81. The molecule has 0 spiro atoms. The molecule has 1 heterocycles. The van der Waals surface area contributed by atoms with Crippen LogP contribution in [0.25, 0.3) is 0 Å². The summed E-state index contributed by atoms with van der Waals surface area (Å²) in [6, 6.07) is 6.15. The number of nitrogens with two attached hydrogens (primary N) is 1. The number of anilines is 1. The van der Waals surface area contributed by atoms with Crippen molar-refractivity contribution in [3.63, 3.8) is 0 Å². The van der Waals surface area contributed by atoms with Crippen molar-refractivity contribution in [2.45, 2.75) is 12.8 Å². The maximum absolute atomic E-state index is 12.2.